The molecule has 0 spiro atoms. The van der Waals surface area contributed by atoms with Crippen LogP contribution in [0.4, 0.5) is 11.4 Å². The number of anilines is 1. The fourth-order valence-corrected chi connectivity index (χ4v) is 1.46. The lowest BCUT2D eigenvalue weighted by Crippen LogP contribution is -2.20. The number of rotatable bonds is 5. The van der Waals surface area contributed by atoms with Crippen LogP contribution in [0.15, 0.2) is 12.1 Å². The fourth-order valence-electron chi connectivity index (χ4n) is 1.11. The molecule has 0 saturated heterocycles. The average molecular weight is 281 g/mol. The SMILES string of the molecule is O=[N+]([O-])c1cc(O)c(NCC(O)CCl)cc1Cl. The van der Waals surface area contributed by atoms with E-state index in [-0.39, 0.29) is 34.6 Å². The molecule has 17 heavy (non-hydrogen) atoms. The van der Waals surface area contributed by atoms with Gasteiger partial charge in [0.05, 0.1) is 28.7 Å². The monoisotopic (exact) mass is 280 g/mol. The highest BCUT2D eigenvalue weighted by molar-refractivity contribution is 6.33. The van der Waals surface area contributed by atoms with Gasteiger partial charge in [0.15, 0.2) is 0 Å². The molecule has 3 N–H and O–H groups in total. The Labute approximate surface area is 107 Å². The van der Waals surface area contributed by atoms with E-state index < -0.39 is 11.0 Å². The molecule has 94 valence electrons. The predicted octanol–water partition coefficient (Wildman–Crippen LogP) is 1.97. The molecule has 0 fully saturated rings. The molecule has 0 radical (unpaired) electrons. The van der Waals surface area contributed by atoms with Crippen LogP contribution in [0.25, 0.3) is 0 Å². The lowest BCUT2D eigenvalue weighted by atomic mass is 10.2. The van der Waals surface area contributed by atoms with Crippen molar-refractivity contribution < 1.29 is 15.1 Å². The number of halogens is 2. The van der Waals surface area contributed by atoms with E-state index in [1.54, 1.807) is 0 Å². The van der Waals surface area contributed by atoms with Crippen LogP contribution in [-0.4, -0.2) is 33.7 Å². The van der Waals surface area contributed by atoms with Gasteiger partial charge in [0.1, 0.15) is 10.8 Å². The van der Waals surface area contributed by atoms with Crippen molar-refractivity contribution in [3.63, 3.8) is 0 Å². The van der Waals surface area contributed by atoms with Crippen molar-refractivity contribution in [3.05, 3.63) is 27.3 Å². The van der Waals surface area contributed by atoms with Gasteiger partial charge in [-0.1, -0.05) is 11.6 Å². The first-order valence-electron chi connectivity index (χ1n) is 4.60. The molecular formula is C9H10Cl2N2O4. The van der Waals surface area contributed by atoms with Crippen molar-refractivity contribution in [3.8, 4) is 5.75 Å². The van der Waals surface area contributed by atoms with E-state index in [1.807, 2.05) is 0 Å². The van der Waals surface area contributed by atoms with Crippen molar-refractivity contribution in [2.75, 3.05) is 17.7 Å². The fraction of sp³-hybridized carbons (Fsp3) is 0.333. The number of phenols is 1. The number of aliphatic hydroxyl groups is 1. The van der Waals surface area contributed by atoms with Gasteiger partial charge < -0.3 is 15.5 Å². The van der Waals surface area contributed by atoms with Crippen LogP contribution in [0, 0.1) is 10.1 Å². The molecule has 1 atom stereocenters. The van der Waals surface area contributed by atoms with Gasteiger partial charge in [0.2, 0.25) is 0 Å². The van der Waals surface area contributed by atoms with E-state index in [9.17, 15) is 20.3 Å². The zero-order valence-corrected chi connectivity index (χ0v) is 10.1. The molecule has 0 amide bonds. The summed E-state index contributed by atoms with van der Waals surface area (Å²) >= 11 is 11.1. The Kier molecular flexibility index (Phi) is 4.80. The van der Waals surface area contributed by atoms with Crippen LogP contribution < -0.4 is 5.32 Å². The number of phenolic OH excluding ortho intramolecular Hbond substituents is 1. The Morgan fingerprint density at radius 3 is 2.71 bits per heavy atom. The molecule has 0 saturated carbocycles. The first-order valence-corrected chi connectivity index (χ1v) is 5.51. The third-order valence-corrected chi connectivity index (χ3v) is 2.63. The molecule has 8 heteroatoms. The molecule has 1 aromatic carbocycles. The lowest BCUT2D eigenvalue weighted by Gasteiger charge is -2.11. The molecule has 0 aliphatic carbocycles. The summed E-state index contributed by atoms with van der Waals surface area (Å²) in [6.45, 7) is 0.102. The number of alkyl halides is 1. The number of nitro benzene ring substituents is 1. The van der Waals surface area contributed by atoms with Gasteiger partial charge in [0.25, 0.3) is 5.69 Å². The second-order valence-electron chi connectivity index (χ2n) is 3.27. The molecule has 0 aliphatic heterocycles. The lowest BCUT2D eigenvalue weighted by molar-refractivity contribution is -0.384. The number of nitro groups is 1. The van der Waals surface area contributed by atoms with Crippen LogP contribution >= 0.6 is 23.2 Å². The van der Waals surface area contributed by atoms with Crippen LogP contribution in [0.3, 0.4) is 0 Å². The minimum atomic E-state index is -0.787. The summed E-state index contributed by atoms with van der Waals surface area (Å²) in [5.74, 6) is -0.281. The van der Waals surface area contributed by atoms with Crippen LogP contribution in [0.1, 0.15) is 0 Å². The number of hydrogen-bond donors (Lipinski definition) is 3. The predicted molar refractivity (Wildman–Crippen MR) is 65.0 cm³/mol. The van der Waals surface area contributed by atoms with Gasteiger partial charge in [-0.25, -0.2) is 0 Å². The average Bonchev–Trinajstić information content (AvgIpc) is 2.28. The van der Waals surface area contributed by atoms with E-state index in [2.05, 4.69) is 5.32 Å². The van der Waals surface area contributed by atoms with Crippen LogP contribution in [0.5, 0.6) is 5.75 Å². The number of hydrogen-bond acceptors (Lipinski definition) is 5. The Morgan fingerprint density at radius 1 is 1.53 bits per heavy atom. The van der Waals surface area contributed by atoms with Gasteiger partial charge in [0, 0.05) is 6.54 Å². The van der Waals surface area contributed by atoms with Crippen molar-refractivity contribution in [1.82, 2.24) is 0 Å². The van der Waals surface area contributed by atoms with Gasteiger partial charge in [-0.3, -0.25) is 10.1 Å². The molecule has 0 aliphatic rings. The van der Waals surface area contributed by atoms with E-state index in [1.165, 1.54) is 6.07 Å². The molecule has 0 heterocycles. The molecule has 0 bridgehead atoms. The first-order chi connectivity index (χ1) is 7.95. The molecule has 6 nitrogen and oxygen atoms in total. The van der Waals surface area contributed by atoms with Crippen LogP contribution in [-0.2, 0) is 0 Å². The van der Waals surface area contributed by atoms with Gasteiger partial charge >= 0.3 is 0 Å². The highest BCUT2D eigenvalue weighted by atomic mass is 35.5. The number of nitrogens with one attached hydrogen (secondary N) is 1. The minimum absolute atomic E-state index is 0.0362. The highest BCUT2D eigenvalue weighted by Gasteiger charge is 2.16. The normalized spacial score (nSPS) is 12.2. The maximum atomic E-state index is 10.5. The smallest absolute Gasteiger partial charge is 0.291 e. The largest absolute Gasteiger partial charge is 0.506 e. The Balaban J connectivity index is 2.88. The summed E-state index contributed by atoms with van der Waals surface area (Å²) in [6, 6.07) is 2.16. The molecule has 1 aromatic rings. The Hall–Kier alpha value is -1.24. The van der Waals surface area contributed by atoms with Crippen molar-refractivity contribution >= 4 is 34.6 Å². The Morgan fingerprint density at radius 2 is 2.18 bits per heavy atom. The zero-order valence-electron chi connectivity index (χ0n) is 8.56. The molecular weight excluding hydrogens is 271 g/mol. The van der Waals surface area contributed by atoms with E-state index >= 15 is 0 Å². The minimum Gasteiger partial charge on any atom is -0.506 e. The number of benzene rings is 1. The first kappa shape index (κ1) is 13.8. The maximum absolute atomic E-state index is 10.5. The number of aromatic hydroxyl groups is 1. The summed E-state index contributed by atoms with van der Waals surface area (Å²) < 4.78 is 0. The zero-order chi connectivity index (χ0) is 13.0. The van der Waals surface area contributed by atoms with Gasteiger partial charge in [-0.05, 0) is 6.07 Å². The van der Waals surface area contributed by atoms with Gasteiger partial charge in [-0.15, -0.1) is 11.6 Å². The maximum Gasteiger partial charge on any atom is 0.291 e. The topological polar surface area (TPSA) is 95.6 Å². The summed E-state index contributed by atoms with van der Waals surface area (Å²) in [5, 5.41) is 31.8. The van der Waals surface area contributed by atoms with E-state index in [0.717, 1.165) is 6.07 Å². The van der Waals surface area contributed by atoms with Gasteiger partial charge in [-0.2, -0.15) is 0 Å². The number of nitrogens with zero attached hydrogens (tertiary/aromatic N) is 1. The van der Waals surface area contributed by atoms with Crippen molar-refractivity contribution in [2.45, 2.75) is 6.10 Å². The molecule has 0 aromatic heterocycles. The van der Waals surface area contributed by atoms with Crippen LogP contribution in [0.2, 0.25) is 5.02 Å². The second-order valence-corrected chi connectivity index (χ2v) is 3.98. The number of aliphatic hydroxyl groups excluding tert-OH is 1. The van der Waals surface area contributed by atoms with Crippen molar-refractivity contribution in [2.24, 2.45) is 0 Å². The standard InChI is InChI=1S/C9H10Cl2N2O4/c10-3-5(14)4-12-7-1-6(11)8(13(16)17)2-9(7)15/h1-2,5,12,14-15H,3-4H2. The summed E-state index contributed by atoms with van der Waals surface area (Å²) in [4.78, 5) is 9.83. The molecule has 1 rings (SSSR count). The highest BCUT2D eigenvalue weighted by Crippen LogP contribution is 2.34. The third-order valence-electron chi connectivity index (χ3n) is 1.97. The molecule has 1 unspecified atom stereocenters. The quantitative estimate of drug-likeness (QED) is 0.332. The summed E-state index contributed by atoms with van der Waals surface area (Å²) in [5.41, 5.74) is -0.183. The third kappa shape index (κ3) is 3.62. The summed E-state index contributed by atoms with van der Waals surface area (Å²) in [7, 11) is 0. The van der Waals surface area contributed by atoms with E-state index in [4.69, 9.17) is 23.2 Å². The van der Waals surface area contributed by atoms with Crippen molar-refractivity contribution in [1.29, 1.82) is 0 Å². The Bertz CT molecular complexity index is 428. The second kappa shape index (κ2) is 5.90. The summed E-state index contributed by atoms with van der Waals surface area (Å²) in [6.07, 6.45) is -0.787. The van der Waals surface area contributed by atoms with E-state index in [0.29, 0.717) is 0 Å².